The van der Waals surface area contributed by atoms with Gasteiger partial charge in [0.15, 0.2) is 0 Å². The highest BCUT2D eigenvalue weighted by atomic mass is 16.5. The number of methoxy groups -OCH3 is 1. The molecule has 0 aliphatic rings. The molecule has 0 aliphatic carbocycles. The lowest BCUT2D eigenvalue weighted by Crippen LogP contribution is -2.20. The van der Waals surface area contributed by atoms with Gasteiger partial charge in [0, 0.05) is 18.0 Å². The first kappa shape index (κ1) is 21.9. The summed E-state index contributed by atoms with van der Waals surface area (Å²) in [6, 6.07) is 18.2. The number of nitriles is 1. The fraction of sp³-hybridized carbons (Fsp3) is 0.192. The molecule has 2 heterocycles. The molecule has 166 valence electrons. The van der Waals surface area contributed by atoms with Crippen molar-refractivity contribution in [2.24, 2.45) is 7.05 Å². The molecule has 0 atom stereocenters. The Morgan fingerprint density at radius 3 is 2.55 bits per heavy atom. The van der Waals surface area contributed by atoms with Crippen molar-refractivity contribution in [2.75, 3.05) is 13.7 Å². The minimum absolute atomic E-state index is 0.0526. The van der Waals surface area contributed by atoms with Crippen LogP contribution in [0.4, 0.5) is 0 Å². The molecule has 7 heteroatoms. The molecule has 0 amide bonds. The largest absolute Gasteiger partial charge is 0.506 e. The van der Waals surface area contributed by atoms with Gasteiger partial charge < -0.3 is 19.1 Å². The number of aryl methyl sites for hydroxylation is 1. The van der Waals surface area contributed by atoms with Gasteiger partial charge in [-0.15, -0.1) is 0 Å². The highest BCUT2D eigenvalue weighted by molar-refractivity contribution is 5.92. The Morgan fingerprint density at radius 2 is 1.88 bits per heavy atom. The number of hydrogen-bond acceptors (Lipinski definition) is 6. The second-order valence-electron chi connectivity index (χ2n) is 7.53. The van der Waals surface area contributed by atoms with Gasteiger partial charge >= 0.3 is 0 Å². The Labute approximate surface area is 191 Å². The van der Waals surface area contributed by atoms with E-state index in [1.165, 1.54) is 4.57 Å². The van der Waals surface area contributed by atoms with Crippen LogP contribution in [0.1, 0.15) is 18.9 Å². The number of aromatic nitrogens is 2. The van der Waals surface area contributed by atoms with Crippen molar-refractivity contribution in [3.63, 3.8) is 0 Å². The summed E-state index contributed by atoms with van der Waals surface area (Å²) in [5.41, 5.74) is 2.03. The average Bonchev–Trinajstić information content (AvgIpc) is 2.86. The Morgan fingerprint density at radius 1 is 1.15 bits per heavy atom. The maximum Gasteiger partial charge on any atom is 0.264 e. The van der Waals surface area contributed by atoms with Crippen LogP contribution in [0.25, 0.3) is 33.3 Å². The summed E-state index contributed by atoms with van der Waals surface area (Å²) < 4.78 is 12.5. The first-order chi connectivity index (χ1) is 16.0. The van der Waals surface area contributed by atoms with Gasteiger partial charge in [-0.3, -0.25) is 4.79 Å². The van der Waals surface area contributed by atoms with E-state index in [0.717, 1.165) is 12.0 Å². The van der Waals surface area contributed by atoms with E-state index in [-0.39, 0.29) is 28.5 Å². The second kappa shape index (κ2) is 9.05. The summed E-state index contributed by atoms with van der Waals surface area (Å²) in [7, 11) is 3.23. The number of fused-ring (bicyclic) bond motifs is 1. The third kappa shape index (κ3) is 3.87. The third-order valence-corrected chi connectivity index (χ3v) is 5.47. The first-order valence-corrected chi connectivity index (χ1v) is 10.5. The fourth-order valence-electron chi connectivity index (χ4n) is 3.77. The number of para-hydroxylation sites is 1. The number of nitrogens with zero attached hydrogens (tertiary/aromatic N) is 3. The number of rotatable bonds is 6. The van der Waals surface area contributed by atoms with Gasteiger partial charge in [0.25, 0.3) is 5.56 Å². The van der Waals surface area contributed by atoms with E-state index in [1.54, 1.807) is 56.6 Å². The Kier molecular flexibility index (Phi) is 6.01. The van der Waals surface area contributed by atoms with E-state index in [2.05, 4.69) is 11.1 Å². The van der Waals surface area contributed by atoms with E-state index in [9.17, 15) is 15.2 Å². The molecule has 33 heavy (non-hydrogen) atoms. The van der Waals surface area contributed by atoms with Crippen LogP contribution in [0.5, 0.6) is 17.4 Å². The molecule has 0 fully saturated rings. The first-order valence-electron chi connectivity index (χ1n) is 10.5. The molecule has 0 spiro atoms. The third-order valence-electron chi connectivity index (χ3n) is 5.47. The molecule has 2 aromatic carbocycles. The van der Waals surface area contributed by atoms with Crippen LogP contribution in [0, 0.1) is 11.3 Å². The maximum absolute atomic E-state index is 13.3. The van der Waals surface area contributed by atoms with E-state index >= 15 is 0 Å². The number of pyridine rings is 2. The Balaban J connectivity index is 2.04. The van der Waals surface area contributed by atoms with E-state index in [1.807, 2.05) is 19.1 Å². The van der Waals surface area contributed by atoms with Crippen LogP contribution in [0.3, 0.4) is 0 Å². The fourth-order valence-corrected chi connectivity index (χ4v) is 3.77. The SMILES string of the molecule is CCCOc1nc(-c2c(O)c3ccccc3n(C)c2=O)cc(-c2ccc(OC)cc2)c1C#N. The van der Waals surface area contributed by atoms with Crippen molar-refractivity contribution in [1.82, 2.24) is 9.55 Å². The smallest absolute Gasteiger partial charge is 0.264 e. The summed E-state index contributed by atoms with van der Waals surface area (Å²) >= 11 is 0. The van der Waals surface area contributed by atoms with Gasteiger partial charge in [-0.25, -0.2) is 4.98 Å². The minimum atomic E-state index is -0.398. The zero-order chi connectivity index (χ0) is 23.5. The molecule has 0 radical (unpaired) electrons. The van der Waals surface area contributed by atoms with Gasteiger partial charge in [-0.2, -0.15) is 5.26 Å². The molecular formula is C26H23N3O4. The molecular weight excluding hydrogens is 418 g/mol. The number of ether oxygens (including phenoxy) is 2. The molecule has 0 saturated heterocycles. The van der Waals surface area contributed by atoms with Crippen molar-refractivity contribution in [1.29, 1.82) is 5.26 Å². The molecule has 0 unspecified atom stereocenters. The lowest BCUT2D eigenvalue weighted by atomic mass is 9.98. The van der Waals surface area contributed by atoms with Crippen LogP contribution in [-0.4, -0.2) is 28.4 Å². The van der Waals surface area contributed by atoms with Gasteiger partial charge in [-0.05, 0) is 42.3 Å². The van der Waals surface area contributed by atoms with E-state index in [0.29, 0.717) is 28.8 Å². The van der Waals surface area contributed by atoms with Crippen LogP contribution in [-0.2, 0) is 7.05 Å². The van der Waals surface area contributed by atoms with Crippen LogP contribution >= 0.6 is 0 Å². The summed E-state index contributed by atoms with van der Waals surface area (Å²) in [6.07, 6.45) is 0.720. The van der Waals surface area contributed by atoms with Crippen molar-refractivity contribution < 1.29 is 14.6 Å². The molecule has 0 bridgehead atoms. The van der Waals surface area contributed by atoms with Crippen LogP contribution < -0.4 is 15.0 Å². The Hall–Kier alpha value is -4.31. The zero-order valence-electron chi connectivity index (χ0n) is 18.6. The van der Waals surface area contributed by atoms with Crippen molar-refractivity contribution in [3.8, 4) is 45.8 Å². The highest BCUT2D eigenvalue weighted by Gasteiger charge is 2.22. The molecule has 7 nitrogen and oxygen atoms in total. The zero-order valence-corrected chi connectivity index (χ0v) is 18.6. The lowest BCUT2D eigenvalue weighted by Gasteiger charge is -2.15. The average molecular weight is 441 g/mol. The standard InChI is InChI=1S/C26H23N3O4/c1-4-13-33-25-20(15-27)19(16-9-11-17(32-3)12-10-16)14-21(28-25)23-24(30)18-7-5-6-8-22(18)29(2)26(23)31/h5-12,14,30H,4,13H2,1-3H3. The van der Waals surface area contributed by atoms with Gasteiger partial charge in [0.05, 0.1) is 24.9 Å². The predicted molar refractivity (Wildman–Crippen MR) is 127 cm³/mol. The monoisotopic (exact) mass is 441 g/mol. The molecule has 1 N–H and O–H groups in total. The minimum Gasteiger partial charge on any atom is -0.506 e. The van der Waals surface area contributed by atoms with Gasteiger partial charge in [0.2, 0.25) is 5.88 Å². The van der Waals surface area contributed by atoms with Crippen molar-refractivity contribution in [3.05, 3.63) is 70.5 Å². The highest BCUT2D eigenvalue weighted by Crippen LogP contribution is 2.37. The number of benzene rings is 2. The van der Waals surface area contributed by atoms with Gasteiger partial charge in [0.1, 0.15) is 28.7 Å². The van der Waals surface area contributed by atoms with E-state index < -0.39 is 5.56 Å². The number of hydrogen-bond donors (Lipinski definition) is 1. The molecule has 0 saturated carbocycles. The summed E-state index contributed by atoms with van der Waals surface area (Å²) in [4.78, 5) is 17.8. The summed E-state index contributed by atoms with van der Waals surface area (Å²) in [6.45, 7) is 2.31. The van der Waals surface area contributed by atoms with Crippen LogP contribution in [0.2, 0.25) is 0 Å². The topological polar surface area (TPSA) is 97.4 Å². The molecule has 2 aromatic heterocycles. The molecule has 4 rings (SSSR count). The predicted octanol–water partition coefficient (Wildman–Crippen LogP) is 4.64. The van der Waals surface area contributed by atoms with Crippen LogP contribution in [0.15, 0.2) is 59.4 Å². The van der Waals surface area contributed by atoms with Gasteiger partial charge in [-0.1, -0.05) is 31.2 Å². The number of aromatic hydroxyl groups is 1. The van der Waals surface area contributed by atoms with Crippen molar-refractivity contribution >= 4 is 10.9 Å². The quantitative estimate of drug-likeness (QED) is 0.468. The lowest BCUT2D eigenvalue weighted by molar-refractivity contribution is 0.305. The summed E-state index contributed by atoms with van der Waals surface area (Å²) in [5, 5.41) is 21.5. The summed E-state index contributed by atoms with van der Waals surface area (Å²) in [5.74, 6) is 0.639. The maximum atomic E-state index is 13.3. The van der Waals surface area contributed by atoms with E-state index in [4.69, 9.17) is 9.47 Å². The Bertz CT molecular complexity index is 1430. The molecule has 0 aliphatic heterocycles. The van der Waals surface area contributed by atoms with Crippen molar-refractivity contribution in [2.45, 2.75) is 13.3 Å². The second-order valence-corrected chi connectivity index (χ2v) is 7.53. The normalized spacial score (nSPS) is 10.7. The molecule has 4 aromatic rings.